The first-order valence-electron chi connectivity index (χ1n) is 6.93. The van der Waals surface area contributed by atoms with E-state index in [0.717, 1.165) is 25.7 Å². The maximum atomic E-state index is 12.2. The van der Waals surface area contributed by atoms with Crippen LogP contribution >= 0.6 is 11.3 Å². The number of carbonyl (C=O) groups excluding carboxylic acids is 2. The highest BCUT2D eigenvalue weighted by molar-refractivity contribution is 7.14. The summed E-state index contributed by atoms with van der Waals surface area (Å²) in [6.07, 6.45) is 5.92. The molecule has 6 heteroatoms. The van der Waals surface area contributed by atoms with E-state index in [1.807, 2.05) is 0 Å². The lowest BCUT2D eigenvalue weighted by atomic mass is 9.71. The molecule has 2 amide bonds. The minimum absolute atomic E-state index is 0.0769. The van der Waals surface area contributed by atoms with E-state index >= 15 is 0 Å². The van der Waals surface area contributed by atoms with Crippen LogP contribution in [0.1, 0.15) is 48.9 Å². The Kier molecular flexibility index (Phi) is 4.77. The van der Waals surface area contributed by atoms with Crippen LogP contribution in [0, 0.1) is 5.41 Å². The predicted octanol–water partition coefficient (Wildman–Crippen LogP) is 2.08. The van der Waals surface area contributed by atoms with Crippen LogP contribution in [0.2, 0.25) is 0 Å². The molecule has 0 radical (unpaired) electrons. The second kappa shape index (κ2) is 6.37. The SMILES string of the molecule is NCC1(CC(=O)Nc2sccc2C(N)=O)CCCCC1. The minimum atomic E-state index is -0.521. The maximum absolute atomic E-state index is 12.2. The Morgan fingerprint density at radius 3 is 2.60 bits per heavy atom. The number of hydrogen-bond donors (Lipinski definition) is 3. The fourth-order valence-electron chi connectivity index (χ4n) is 2.87. The number of nitrogens with two attached hydrogens (primary N) is 2. The van der Waals surface area contributed by atoms with Crippen molar-refractivity contribution in [3.8, 4) is 0 Å². The molecule has 1 heterocycles. The average molecular weight is 295 g/mol. The van der Waals surface area contributed by atoms with E-state index in [0.29, 0.717) is 23.5 Å². The second-order valence-corrected chi connectivity index (χ2v) is 6.43. The third-order valence-electron chi connectivity index (χ3n) is 4.07. The molecule has 0 spiro atoms. The van der Waals surface area contributed by atoms with Gasteiger partial charge >= 0.3 is 0 Å². The van der Waals surface area contributed by atoms with Crippen molar-refractivity contribution in [2.45, 2.75) is 38.5 Å². The van der Waals surface area contributed by atoms with Crippen molar-refractivity contribution in [1.29, 1.82) is 0 Å². The monoisotopic (exact) mass is 295 g/mol. The summed E-state index contributed by atoms with van der Waals surface area (Å²) in [6, 6.07) is 1.63. The van der Waals surface area contributed by atoms with Crippen molar-refractivity contribution in [3.63, 3.8) is 0 Å². The van der Waals surface area contributed by atoms with Gasteiger partial charge in [-0.15, -0.1) is 11.3 Å². The molecule has 1 aliphatic carbocycles. The van der Waals surface area contributed by atoms with Gasteiger partial charge in [0.25, 0.3) is 5.91 Å². The van der Waals surface area contributed by atoms with E-state index < -0.39 is 5.91 Å². The molecule has 1 aromatic rings. The van der Waals surface area contributed by atoms with E-state index in [-0.39, 0.29) is 11.3 Å². The van der Waals surface area contributed by atoms with Crippen molar-refractivity contribution in [2.75, 3.05) is 11.9 Å². The Morgan fingerprint density at radius 2 is 2.00 bits per heavy atom. The lowest BCUT2D eigenvalue weighted by Gasteiger charge is -2.35. The topological polar surface area (TPSA) is 98.2 Å². The first-order chi connectivity index (χ1) is 9.56. The van der Waals surface area contributed by atoms with Gasteiger partial charge < -0.3 is 16.8 Å². The third kappa shape index (κ3) is 3.37. The Hall–Kier alpha value is -1.40. The zero-order chi connectivity index (χ0) is 14.6. The van der Waals surface area contributed by atoms with Gasteiger partial charge in [0.15, 0.2) is 0 Å². The van der Waals surface area contributed by atoms with E-state index in [1.54, 1.807) is 11.4 Å². The molecule has 1 fully saturated rings. The summed E-state index contributed by atoms with van der Waals surface area (Å²) in [4.78, 5) is 23.4. The van der Waals surface area contributed by atoms with E-state index in [1.165, 1.54) is 17.8 Å². The van der Waals surface area contributed by atoms with Crippen molar-refractivity contribution >= 4 is 28.2 Å². The van der Waals surface area contributed by atoms with Gasteiger partial charge in [0.1, 0.15) is 5.00 Å². The van der Waals surface area contributed by atoms with E-state index in [4.69, 9.17) is 11.5 Å². The largest absolute Gasteiger partial charge is 0.366 e. The van der Waals surface area contributed by atoms with Crippen molar-refractivity contribution in [2.24, 2.45) is 16.9 Å². The number of amides is 2. The molecule has 0 bridgehead atoms. The fourth-order valence-corrected chi connectivity index (χ4v) is 3.67. The smallest absolute Gasteiger partial charge is 0.251 e. The molecule has 1 saturated carbocycles. The molecule has 1 aromatic heterocycles. The fraction of sp³-hybridized carbons (Fsp3) is 0.571. The Labute approximate surface area is 122 Å². The zero-order valence-corrected chi connectivity index (χ0v) is 12.3. The Balaban J connectivity index is 2.01. The summed E-state index contributed by atoms with van der Waals surface area (Å²) in [6.45, 7) is 0.535. The highest BCUT2D eigenvalue weighted by Gasteiger charge is 2.33. The summed E-state index contributed by atoms with van der Waals surface area (Å²) < 4.78 is 0. The highest BCUT2D eigenvalue weighted by Crippen LogP contribution is 2.38. The molecule has 5 N–H and O–H groups in total. The average Bonchev–Trinajstić information content (AvgIpc) is 2.88. The molecular weight excluding hydrogens is 274 g/mol. The first kappa shape index (κ1) is 15.0. The molecule has 20 heavy (non-hydrogen) atoms. The molecule has 0 atom stereocenters. The third-order valence-corrected chi connectivity index (χ3v) is 4.90. The Morgan fingerprint density at radius 1 is 1.30 bits per heavy atom. The molecule has 0 aliphatic heterocycles. The van der Waals surface area contributed by atoms with Crippen LogP contribution in [-0.2, 0) is 4.79 Å². The summed E-state index contributed by atoms with van der Waals surface area (Å²) in [7, 11) is 0. The van der Waals surface area contributed by atoms with Gasteiger partial charge in [-0.05, 0) is 36.2 Å². The van der Waals surface area contributed by atoms with Crippen LogP contribution in [-0.4, -0.2) is 18.4 Å². The zero-order valence-electron chi connectivity index (χ0n) is 11.5. The van der Waals surface area contributed by atoms with E-state index in [2.05, 4.69) is 5.32 Å². The summed E-state index contributed by atoms with van der Waals surface area (Å²) >= 11 is 1.31. The van der Waals surface area contributed by atoms with Gasteiger partial charge in [-0.1, -0.05) is 19.3 Å². The molecule has 0 aromatic carbocycles. The molecule has 1 aliphatic rings. The van der Waals surface area contributed by atoms with Gasteiger partial charge in [-0.3, -0.25) is 9.59 Å². The number of thiophene rings is 1. The van der Waals surface area contributed by atoms with Gasteiger partial charge in [0.2, 0.25) is 5.91 Å². The van der Waals surface area contributed by atoms with Crippen LogP contribution in [0.3, 0.4) is 0 Å². The normalized spacial score (nSPS) is 17.6. The van der Waals surface area contributed by atoms with E-state index in [9.17, 15) is 9.59 Å². The lowest BCUT2D eigenvalue weighted by Crippen LogP contribution is -2.36. The van der Waals surface area contributed by atoms with Gasteiger partial charge in [-0.25, -0.2) is 0 Å². The number of primary amides is 1. The van der Waals surface area contributed by atoms with Crippen LogP contribution in [0.25, 0.3) is 0 Å². The number of hydrogen-bond acceptors (Lipinski definition) is 4. The van der Waals surface area contributed by atoms with Crippen molar-refractivity contribution in [3.05, 3.63) is 17.0 Å². The highest BCUT2D eigenvalue weighted by atomic mass is 32.1. The van der Waals surface area contributed by atoms with Gasteiger partial charge in [-0.2, -0.15) is 0 Å². The summed E-state index contributed by atoms with van der Waals surface area (Å²) in [5, 5.41) is 5.08. The molecule has 0 unspecified atom stereocenters. The predicted molar refractivity (Wildman–Crippen MR) is 80.7 cm³/mol. The number of anilines is 1. The van der Waals surface area contributed by atoms with Crippen LogP contribution in [0.5, 0.6) is 0 Å². The van der Waals surface area contributed by atoms with Crippen LogP contribution in [0.4, 0.5) is 5.00 Å². The van der Waals surface area contributed by atoms with Gasteiger partial charge in [0, 0.05) is 6.42 Å². The van der Waals surface area contributed by atoms with Crippen LogP contribution < -0.4 is 16.8 Å². The number of nitrogens with one attached hydrogen (secondary N) is 1. The van der Waals surface area contributed by atoms with Crippen molar-refractivity contribution in [1.82, 2.24) is 0 Å². The minimum Gasteiger partial charge on any atom is -0.366 e. The van der Waals surface area contributed by atoms with Gasteiger partial charge in [0.05, 0.1) is 5.56 Å². The Bertz CT molecular complexity index is 492. The molecule has 0 saturated heterocycles. The van der Waals surface area contributed by atoms with Crippen LogP contribution in [0.15, 0.2) is 11.4 Å². The maximum Gasteiger partial charge on any atom is 0.251 e. The molecule has 5 nitrogen and oxygen atoms in total. The number of carbonyl (C=O) groups is 2. The lowest BCUT2D eigenvalue weighted by molar-refractivity contribution is -0.118. The number of rotatable bonds is 5. The quantitative estimate of drug-likeness (QED) is 0.775. The summed E-state index contributed by atoms with van der Waals surface area (Å²) in [5.74, 6) is -0.602. The first-order valence-corrected chi connectivity index (χ1v) is 7.81. The van der Waals surface area contributed by atoms with Crippen molar-refractivity contribution < 1.29 is 9.59 Å². The molecule has 110 valence electrons. The molecule has 2 rings (SSSR count). The standard InChI is InChI=1S/C14H21N3O2S/c15-9-14(5-2-1-3-6-14)8-11(18)17-13-10(12(16)19)4-7-20-13/h4,7H,1-3,5-6,8-9,15H2,(H2,16,19)(H,17,18). The summed E-state index contributed by atoms with van der Waals surface area (Å²) in [5.41, 5.74) is 11.4. The second-order valence-electron chi connectivity index (χ2n) is 5.52. The molecular formula is C14H21N3O2S.